The molecule has 2 aromatic rings. The number of benzene rings is 2. The molecule has 23 heavy (non-hydrogen) atoms. The Morgan fingerprint density at radius 2 is 1.91 bits per heavy atom. The van der Waals surface area contributed by atoms with Crippen molar-refractivity contribution in [3.05, 3.63) is 77.7 Å². The molecule has 1 fully saturated rings. The van der Waals surface area contributed by atoms with Crippen LogP contribution in [0.3, 0.4) is 0 Å². The molecule has 1 amide bonds. The summed E-state index contributed by atoms with van der Waals surface area (Å²) >= 11 is 5.88. The zero-order valence-electron chi connectivity index (χ0n) is 12.5. The van der Waals surface area contributed by atoms with Crippen molar-refractivity contribution in [2.24, 2.45) is 0 Å². The van der Waals surface area contributed by atoms with Crippen molar-refractivity contribution in [2.75, 3.05) is 6.61 Å². The number of hydrogen-bond acceptors (Lipinski definition) is 3. The summed E-state index contributed by atoms with van der Waals surface area (Å²) in [5.41, 5.74) is 1.91. The standard InChI is InChI=1S/C18H17ClNO3/c1-13(15-7-9-16(19)10-8-15)18(21)20-17(12-22-23-20)11-14-5-3-2-4-6-14/h2-10,13,17H,1,11-12H2/t13-,17+/m0/s1. The lowest BCUT2D eigenvalue weighted by molar-refractivity contribution is -0.358. The molecule has 1 radical (unpaired) electrons. The molecule has 0 spiro atoms. The summed E-state index contributed by atoms with van der Waals surface area (Å²) in [6.07, 6.45) is 0.667. The van der Waals surface area contributed by atoms with Crippen molar-refractivity contribution in [3.8, 4) is 0 Å². The molecule has 0 aliphatic carbocycles. The maximum absolute atomic E-state index is 12.7. The number of halogens is 1. The molecule has 2 atom stereocenters. The lowest BCUT2D eigenvalue weighted by Gasteiger charge is -2.23. The van der Waals surface area contributed by atoms with Crippen LogP contribution in [-0.4, -0.2) is 23.6 Å². The van der Waals surface area contributed by atoms with E-state index in [4.69, 9.17) is 21.5 Å². The van der Waals surface area contributed by atoms with Gasteiger partial charge in [0.15, 0.2) is 0 Å². The zero-order valence-corrected chi connectivity index (χ0v) is 13.3. The second-order valence-corrected chi connectivity index (χ2v) is 5.91. The van der Waals surface area contributed by atoms with Gasteiger partial charge in [0.1, 0.15) is 6.61 Å². The first-order valence-corrected chi connectivity index (χ1v) is 7.78. The molecule has 2 aromatic carbocycles. The monoisotopic (exact) mass is 330 g/mol. The highest BCUT2D eigenvalue weighted by Crippen LogP contribution is 2.24. The fourth-order valence-corrected chi connectivity index (χ4v) is 2.66. The van der Waals surface area contributed by atoms with Gasteiger partial charge in [-0.25, -0.2) is 4.89 Å². The summed E-state index contributed by atoms with van der Waals surface area (Å²) in [7, 11) is 0. The van der Waals surface area contributed by atoms with Crippen LogP contribution in [0.1, 0.15) is 17.0 Å². The molecule has 1 heterocycles. The van der Waals surface area contributed by atoms with Gasteiger partial charge in [-0.2, -0.15) is 5.06 Å². The average molecular weight is 331 g/mol. The molecule has 1 aliphatic heterocycles. The Balaban J connectivity index is 1.71. The summed E-state index contributed by atoms with van der Waals surface area (Å²) in [5.74, 6) is -0.807. The lowest BCUT2D eigenvalue weighted by Crippen LogP contribution is -2.39. The van der Waals surface area contributed by atoms with Gasteiger partial charge >= 0.3 is 0 Å². The molecule has 1 aliphatic rings. The van der Waals surface area contributed by atoms with E-state index in [1.807, 2.05) is 30.3 Å². The Bertz CT molecular complexity index is 660. The molecule has 119 valence electrons. The van der Waals surface area contributed by atoms with Gasteiger partial charge in [0.05, 0.1) is 12.0 Å². The van der Waals surface area contributed by atoms with Gasteiger partial charge in [-0.05, 0) is 36.6 Å². The second kappa shape index (κ2) is 7.13. The Kier molecular flexibility index (Phi) is 4.96. The van der Waals surface area contributed by atoms with Crippen molar-refractivity contribution < 1.29 is 14.7 Å². The molecule has 4 nitrogen and oxygen atoms in total. The average Bonchev–Trinajstić information content (AvgIpc) is 3.03. The smallest absolute Gasteiger partial charge is 0.256 e. The van der Waals surface area contributed by atoms with Gasteiger partial charge in [0.25, 0.3) is 5.91 Å². The number of nitrogens with zero attached hydrogens (tertiary/aromatic N) is 1. The molecular formula is C18H17ClNO3. The number of hydroxylamine groups is 2. The van der Waals surface area contributed by atoms with Crippen LogP contribution in [-0.2, 0) is 21.1 Å². The van der Waals surface area contributed by atoms with Crippen LogP contribution in [0, 0.1) is 6.92 Å². The maximum atomic E-state index is 12.7. The zero-order chi connectivity index (χ0) is 16.2. The first-order chi connectivity index (χ1) is 11.1. The highest BCUT2D eigenvalue weighted by atomic mass is 35.5. The summed E-state index contributed by atoms with van der Waals surface area (Å²) < 4.78 is 0. The van der Waals surface area contributed by atoms with Crippen LogP contribution < -0.4 is 0 Å². The van der Waals surface area contributed by atoms with Crippen molar-refractivity contribution in [2.45, 2.75) is 18.4 Å². The second-order valence-electron chi connectivity index (χ2n) is 5.47. The van der Waals surface area contributed by atoms with E-state index in [-0.39, 0.29) is 11.9 Å². The highest BCUT2D eigenvalue weighted by molar-refractivity contribution is 6.30. The third-order valence-electron chi connectivity index (χ3n) is 3.83. The third-order valence-corrected chi connectivity index (χ3v) is 4.08. The van der Waals surface area contributed by atoms with Crippen molar-refractivity contribution in [1.29, 1.82) is 0 Å². The molecule has 0 N–H and O–H groups in total. The summed E-state index contributed by atoms with van der Waals surface area (Å²) in [4.78, 5) is 22.8. The van der Waals surface area contributed by atoms with Crippen LogP contribution in [0.15, 0.2) is 54.6 Å². The lowest BCUT2D eigenvalue weighted by atomic mass is 9.99. The predicted octanol–water partition coefficient (Wildman–Crippen LogP) is 3.57. The number of rotatable bonds is 4. The van der Waals surface area contributed by atoms with Crippen molar-refractivity contribution in [1.82, 2.24) is 5.06 Å². The number of carbonyl (C=O) groups is 1. The quantitative estimate of drug-likeness (QED) is 0.804. The minimum Gasteiger partial charge on any atom is -0.272 e. The summed E-state index contributed by atoms with van der Waals surface area (Å²) in [6.45, 7) is 4.30. The SMILES string of the molecule is [CH2][C@H](C(=O)N1OOC[C@H]1Cc1ccccc1)c1ccc(Cl)cc1. The predicted molar refractivity (Wildman–Crippen MR) is 87.4 cm³/mol. The highest BCUT2D eigenvalue weighted by Gasteiger charge is 2.35. The first-order valence-electron chi connectivity index (χ1n) is 7.40. The summed E-state index contributed by atoms with van der Waals surface area (Å²) in [5, 5.41) is 1.91. The number of hydrogen-bond donors (Lipinski definition) is 0. The molecule has 3 rings (SSSR count). The molecule has 0 bridgehead atoms. The van der Waals surface area contributed by atoms with Crippen LogP contribution >= 0.6 is 11.6 Å². The van der Waals surface area contributed by atoms with E-state index in [2.05, 4.69) is 6.92 Å². The maximum Gasteiger partial charge on any atom is 0.256 e. The number of carbonyl (C=O) groups excluding carboxylic acids is 1. The Hall–Kier alpha value is -1.88. The molecule has 0 saturated carbocycles. The van der Waals surface area contributed by atoms with E-state index in [1.54, 1.807) is 24.3 Å². The van der Waals surface area contributed by atoms with E-state index in [9.17, 15) is 4.79 Å². The molecule has 5 heteroatoms. The van der Waals surface area contributed by atoms with Crippen LogP contribution in [0.25, 0.3) is 0 Å². The molecule has 0 unspecified atom stereocenters. The van der Waals surface area contributed by atoms with E-state index in [1.165, 1.54) is 5.06 Å². The van der Waals surface area contributed by atoms with Crippen LogP contribution in [0.5, 0.6) is 0 Å². The van der Waals surface area contributed by atoms with Gasteiger partial charge in [-0.1, -0.05) is 54.1 Å². The Morgan fingerprint density at radius 1 is 1.22 bits per heavy atom. The molecule has 0 aromatic heterocycles. The fourth-order valence-electron chi connectivity index (χ4n) is 2.53. The van der Waals surface area contributed by atoms with Crippen molar-refractivity contribution >= 4 is 17.5 Å². The van der Waals surface area contributed by atoms with Gasteiger partial charge in [0, 0.05) is 5.02 Å². The van der Waals surface area contributed by atoms with E-state index < -0.39 is 5.92 Å². The van der Waals surface area contributed by atoms with Crippen molar-refractivity contribution in [3.63, 3.8) is 0 Å². The Morgan fingerprint density at radius 3 is 2.61 bits per heavy atom. The van der Waals surface area contributed by atoms with E-state index in [0.717, 1.165) is 11.1 Å². The fraction of sp³-hybridized carbons (Fsp3) is 0.222. The van der Waals surface area contributed by atoms with Gasteiger partial charge < -0.3 is 0 Å². The number of amides is 1. The van der Waals surface area contributed by atoms with Gasteiger partial charge in [-0.3, -0.25) is 4.79 Å². The minimum absolute atomic E-state index is 0.165. The topological polar surface area (TPSA) is 38.8 Å². The molecular weight excluding hydrogens is 314 g/mol. The third kappa shape index (κ3) is 3.72. The summed E-state index contributed by atoms with van der Waals surface area (Å²) in [6, 6.07) is 16.8. The first kappa shape index (κ1) is 16.0. The van der Waals surface area contributed by atoms with Crippen LogP contribution in [0.2, 0.25) is 5.02 Å². The minimum atomic E-state index is -0.577. The van der Waals surface area contributed by atoms with Gasteiger partial charge in [0.2, 0.25) is 0 Å². The normalized spacial score (nSPS) is 18.9. The van der Waals surface area contributed by atoms with E-state index in [0.29, 0.717) is 18.1 Å². The van der Waals surface area contributed by atoms with Crippen LogP contribution in [0.4, 0.5) is 0 Å². The Labute approximate surface area is 140 Å². The van der Waals surface area contributed by atoms with Gasteiger partial charge in [-0.15, -0.1) is 4.99 Å². The molecule has 1 saturated heterocycles. The largest absolute Gasteiger partial charge is 0.272 e. The van der Waals surface area contributed by atoms with E-state index >= 15 is 0 Å².